The number of pyridine rings is 1. The van der Waals surface area contributed by atoms with Crippen molar-refractivity contribution in [3.63, 3.8) is 0 Å². The van der Waals surface area contributed by atoms with Gasteiger partial charge in [0.05, 0.1) is 6.20 Å². The van der Waals surface area contributed by atoms with Crippen molar-refractivity contribution in [3.8, 4) is 11.5 Å². The summed E-state index contributed by atoms with van der Waals surface area (Å²) in [4.78, 5) is 3.69. The van der Waals surface area contributed by atoms with Crippen molar-refractivity contribution < 1.29 is 13.5 Å². The van der Waals surface area contributed by atoms with E-state index in [0.29, 0.717) is 0 Å². The van der Waals surface area contributed by atoms with Gasteiger partial charge in [-0.2, -0.15) is 0 Å². The molecule has 6 heteroatoms. The molecule has 3 nitrogen and oxygen atoms in total. The number of nitrogens with two attached hydrogens (primary N) is 1. The van der Waals surface area contributed by atoms with Gasteiger partial charge in [0, 0.05) is 11.8 Å². The molecule has 0 aliphatic heterocycles. The molecule has 1 heterocycles. The first-order valence-electron chi connectivity index (χ1n) is 4.94. The van der Waals surface area contributed by atoms with Gasteiger partial charge in [-0.1, -0.05) is 12.2 Å². The number of halogens is 2. The Kier molecular flexibility index (Phi) is 3.47. The van der Waals surface area contributed by atoms with E-state index in [1.807, 2.05) is 0 Å². The normalized spacial score (nSPS) is 10.1. The second-order valence-corrected chi connectivity index (χ2v) is 3.86. The highest BCUT2D eigenvalue weighted by Crippen LogP contribution is 2.28. The number of thiocarbonyl (C=S) groups is 1. The third-order valence-electron chi connectivity index (χ3n) is 2.14. The lowest BCUT2D eigenvalue weighted by Crippen LogP contribution is -2.10. The van der Waals surface area contributed by atoms with Gasteiger partial charge in [-0.15, -0.1) is 0 Å². The average molecular weight is 266 g/mol. The Morgan fingerprint density at radius 1 is 1.28 bits per heavy atom. The van der Waals surface area contributed by atoms with Gasteiger partial charge in [-0.25, -0.2) is 8.78 Å². The maximum absolute atomic E-state index is 13.7. The molecule has 1 aromatic carbocycles. The number of benzene rings is 1. The Morgan fingerprint density at radius 3 is 2.44 bits per heavy atom. The van der Waals surface area contributed by atoms with Crippen LogP contribution in [0.15, 0.2) is 36.7 Å². The van der Waals surface area contributed by atoms with E-state index in [0.717, 1.165) is 12.1 Å². The van der Waals surface area contributed by atoms with Gasteiger partial charge in [-0.3, -0.25) is 4.98 Å². The largest absolute Gasteiger partial charge is 0.450 e. The standard InChI is InChI=1S/C12H8F2N2OS/c13-9-4-7(12(15)18)5-10(14)11(9)17-8-2-1-3-16-6-8/h1-6H,(H2,15,18). The van der Waals surface area contributed by atoms with Crippen molar-refractivity contribution in [1.82, 2.24) is 4.98 Å². The third-order valence-corrected chi connectivity index (χ3v) is 2.37. The molecule has 0 spiro atoms. The number of ether oxygens (including phenoxy) is 1. The van der Waals surface area contributed by atoms with Crippen molar-refractivity contribution in [2.24, 2.45) is 5.73 Å². The van der Waals surface area contributed by atoms with Crippen LogP contribution in [0.3, 0.4) is 0 Å². The van der Waals surface area contributed by atoms with Crippen LogP contribution < -0.4 is 10.5 Å². The Hall–Kier alpha value is -2.08. The first kappa shape index (κ1) is 12.4. The molecule has 0 saturated heterocycles. The van der Waals surface area contributed by atoms with Crippen LogP contribution in [0.4, 0.5) is 8.78 Å². The molecule has 2 aromatic rings. The fraction of sp³-hybridized carbons (Fsp3) is 0. The molecule has 1 aromatic heterocycles. The van der Waals surface area contributed by atoms with E-state index < -0.39 is 17.4 Å². The van der Waals surface area contributed by atoms with Gasteiger partial charge in [-0.05, 0) is 24.3 Å². The van der Waals surface area contributed by atoms with Crippen molar-refractivity contribution in [1.29, 1.82) is 0 Å². The average Bonchev–Trinajstić information content (AvgIpc) is 2.34. The van der Waals surface area contributed by atoms with Crippen molar-refractivity contribution >= 4 is 17.2 Å². The Morgan fingerprint density at radius 2 is 1.94 bits per heavy atom. The van der Waals surface area contributed by atoms with Crippen LogP contribution in [0.25, 0.3) is 0 Å². The summed E-state index contributed by atoms with van der Waals surface area (Å²) in [6, 6.07) is 5.18. The molecule has 0 saturated carbocycles. The Bertz CT molecular complexity index is 567. The van der Waals surface area contributed by atoms with E-state index >= 15 is 0 Å². The summed E-state index contributed by atoms with van der Waals surface area (Å²) in [5, 5.41) is 0. The zero-order chi connectivity index (χ0) is 13.1. The predicted octanol–water partition coefficient (Wildman–Crippen LogP) is 2.79. The first-order chi connectivity index (χ1) is 8.58. The van der Waals surface area contributed by atoms with Crippen molar-refractivity contribution in [2.45, 2.75) is 0 Å². The van der Waals surface area contributed by atoms with Crippen LogP contribution in [0, 0.1) is 11.6 Å². The number of hydrogen-bond donors (Lipinski definition) is 1. The Balaban J connectivity index is 2.37. The molecule has 92 valence electrons. The molecular formula is C12H8F2N2OS. The highest BCUT2D eigenvalue weighted by atomic mass is 32.1. The number of nitrogens with zero attached hydrogens (tertiary/aromatic N) is 1. The number of rotatable bonds is 3. The maximum atomic E-state index is 13.7. The summed E-state index contributed by atoms with van der Waals surface area (Å²) in [7, 11) is 0. The first-order valence-corrected chi connectivity index (χ1v) is 5.35. The van der Waals surface area contributed by atoms with Gasteiger partial charge < -0.3 is 10.5 Å². The molecule has 0 amide bonds. The van der Waals surface area contributed by atoms with Crippen LogP contribution in [-0.2, 0) is 0 Å². The molecule has 0 unspecified atom stereocenters. The Labute approximate surface area is 107 Å². The zero-order valence-corrected chi connectivity index (χ0v) is 9.88. The predicted molar refractivity (Wildman–Crippen MR) is 66.6 cm³/mol. The van der Waals surface area contributed by atoms with E-state index in [9.17, 15) is 8.78 Å². The van der Waals surface area contributed by atoms with Gasteiger partial charge in [0.15, 0.2) is 17.4 Å². The maximum Gasteiger partial charge on any atom is 0.198 e. The van der Waals surface area contributed by atoms with Crippen LogP contribution in [0.2, 0.25) is 0 Å². The molecule has 0 radical (unpaired) electrons. The third kappa shape index (κ3) is 2.60. The molecular weight excluding hydrogens is 258 g/mol. The summed E-state index contributed by atoms with van der Waals surface area (Å²) < 4.78 is 32.4. The molecule has 2 N–H and O–H groups in total. The number of hydrogen-bond acceptors (Lipinski definition) is 3. The molecule has 0 fully saturated rings. The monoisotopic (exact) mass is 266 g/mol. The number of aromatic nitrogens is 1. The van der Waals surface area contributed by atoms with E-state index in [2.05, 4.69) is 17.2 Å². The summed E-state index contributed by atoms with van der Waals surface area (Å²) in [6.45, 7) is 0. The van der Waals surface area contributed by atoms with E-state index in [4.69, 9.17) is 10.5 Å². The van der Waals surface area contributed by atoms with Crippen LogP contribution >= 0.6 is 12.2 Å². The molecule has 0 atom stereocenters. The topological polar surface area (TPSA) is 48.1 Å². The summed E-state index contributed by atoms with van der Waals surface area (Å²) in [5.41, 5.74) is 5.41. The van der Waals surface area contributed by atoms with Crippen LogP contribution in [-0.4, -0.2) is 9.97 Å². The lowest BCUT2D eigenvalue weighted by atomic mass is 10.2. The molecule has 0 aliphatic carbocycles. The van der Waals surface area contributed by atoms with Gasteiger partial charge in [0.25, 0.3) is 0 Å². The highest BCUT2D eigenvalue weighted by Gasteiger charge is 2.14. The van der Waals surface area contributed by atoms with Gasteiger partial charge >= 0.3 is 0 Å². The molecule has 0 aliphatic rings. The summed E-state index contributed by atoms with van der Waals surface area (Å²) in [6.07, 6.45) is 2.87. The van der Waals surface area contributed by atoms with Crippen LogP contribution in [0.5, 0.6) is 11.5 Å². The lowest BCUT2D eigenvalue weighted by Gasteiger charge is -2.08. The minimum Gasteiger partial charge on any atom is -0.450 e. The summed E-state index contributed by atoms with van der Waals surface area (Å²) in [5.74, 6) is -2.02. The second-order valence-electron chi connectivity index (χ2n) is 3.42. The zero-order valence-electron chi connectivity index (χ0n) is 9.06. The van der Waals surface area contributed by atoms with Gasteiger partial charge in [0.2, 0.25) is 0 Å². The van der Waals surface area contributed by atoms with E-state index in [1.165, 1.54) is 18.5 Å². The summed E-state index contributed by atoms with van der Waals surface area (Å²) >= 11 is 4.65. The van der Waals surface area contributed by atoms with Crippen molar-refractivity contribution in [3.05, 3.63) is 53.9 Å². The quantitative estimate of drug-likeness (QED) is 0.868. The smallest absolute Gasteiger partial charge is 0.198 e. The van der Waals surface area contributed by atoms with Crippen LogP contribution in [0.1, 0.15) is 5.56 Å². The minimum absolute atomic E-state index is 0.0827. The second kappa shape index (κ2) is 5.05. The fourth-order valence-electron chi connectivity index (χ4n) is 1.32. The lowest BCUT2D eigenvalue weighted by molar-refractivity contribution is 0.406. The SMILES string of the molecule is NC(=S)c1cc(F)c(Oc2cccnc2)c(F)c1. The molecule has 0 bridgehead atoms. The van der Waals surface area contributed by atoms with E-state index in [1.54, 1.807) is 6.07 Å². The fourth-order valence-corrected chi connectivity index (χ4v) is 1.44. The molecule has 2 rings (SSSR count). The molecule has 18 heavy (non-hydrogen) atoms. The van der Waals surface area contributed by atoms with Crippen molar-refractivity contribution in [2.75, 3.05) is 0 Å². The highest BCUT2D eigenvalue weighted by molar-refractivity contribution is 7.80. The minimum atomic E-state index is -0.873. The van der Waals surface area contributed by atoms with Gasteiger partial charge in [0.1, 0.15) is 10.7 Å². The van der Waals surface area contributed by atoms with E-state index in [-0.39, 0.29) is 16.3 Å².